The number of carbonyl (C=O) groups is 1. The molecule has 1 atom stereocenters. The number of pyridine rings is 1. The van der Waals surface area contributed by atoms with E-state index in [9.17, 15) is 19.8 Å². The van der Waals surface area contributed by atoms with Gasteiger partial charge in [-0.25, -0.2) is 4.79 Å². The Morgan fingerprint density at radius 2 is 2.00 bits per heavy atom. The molecule has 1 aromatic rings. The zero-order valence-electron chi connectivity index (χ0n) is 11.6. The van der Waals surface area contributed by atoms with Crippen LogP contribution in [0.1, 0.15) is 25.6 Å². The van der Waals surface area contributed by atoms with E-state index in [1.54, 1.807) is 0 Å². The second kappa shape index (κ2) is 7.06. The number of carboxylic acid groups (broad SMARTS) is 1. The van der Waals surface area contributed by atoms with E-state index in [0.29, 0.717) is 12.2 Å². The van der Waals surface area contributed by atoms with Gasteiger partial charge in [0.15, 0.2) is 11.8 Å². The molecule has 7 heteroatoms. The molecular formula is C13H20N2O5. The number of aromatic nitrogens is 1. The molecule has 7 nitrogen and oxygen atoms in total. The molecule has 3 N–H and O–H groups in total. The number of aliphatic carboxylic acids is 1. The molecule has 112 valence electrons. The summed E-state index contributed by atoms with van der Waals surface area (Å²) in [5, 5.41) is 27.8. The fourth-order valence-electron chi connectivity index (χ4n) is 1.96. The number of nitrogens with zero attached hydrogens (tertiary/aromatic N) is 2. The molecule has 20 heavy (non-hydrogen) atoms. The number of hydrogen-bond acceptors (Lipinski definition) is 5. The molecule has 1 aromatic heterocycles. The summed E-state index contributed by atoms with van der Waals surface area (Å²) in [4.78, 5) is 24.7. The summed E-state index contributed by atoms with van der Waals surface area (Å²) in [5.74, 6) is -1.76. The number of aliphatic hydroxyl groups excluding tert-OH is 1. The van der Waals surface area contributed by atoms with E-state index in [0.717, 1.165) is 19.3 Å². The summed E-state index contributed by atoms with van der Waals surface area (Å²) in [6, 6.07) is -0.0220. The van der Waals surface area contributed by atoms with Gasteiger partial charge in [0.1, 0.15) is 0 Å². The molecule has 0 fully saturated rings. The molecule has 0 aliphatic rings. The van der Waals surface area contributed by atoms with E-state index in [-0.39, 0.29) is 0 Å². The number of aromatic hydroxyl groups is 1. The minimum absolute atomic E-state index is 0.367. The van der Waals surface area contributed by atoms with Gasteiger partial charge in [0.05, 0.1) is 12.8 Å². The Morgan fingerprint density at radius 1 is 1.40 bits per heavy atom. The molecule has 0 saturated carbocycles. The van der Waals surface area contributed by atoms with E-state index in [4.69, 9.17) is 5.11 Å². The monoisotopic (exact) mass is 284 g/mol. The third kappa shape index (κ3) is 3.58. The predicted molar refractivity (Wildman–Crippen MR) is 72.8 cm³/mol. The number of hydrogen-bond donors (Lipinski definition) is 3. The summed E-state index contributed by atoms with van der Waals surface area (Å²) in [6.07, 6.45) is 1.07. The van der Waals surface area contributed by atoms with Crippen molar-refractivity contribution in [3.05, 3.63) is 28.2 Å². The lowest BCUT2D eigenvalue weighted by atomic mass is 10.2. The van der Waals surface area contributed by atoms with Gasteiger partial charge in [-0.3, -0.25) is 9.69 Å². The highest BCUT2D eigenvalue weighted by molar-refractivity contribution is 5.72. The highest BCUT2D eigenvalue weighted by Crippen LogP contribution is 2.15. The van der Waals surface area contributed by atoms with Crippen molar-refractivity contribution in [3.63, 3.8) is 0 Å². The van der Waals surface area contributed by atoms with Crippen molar-refractivity contribution in [1.29, 1.82) is 0 Å². The molecule has 0 aliphatic heterocycles. The molecule has 1 unspecified atom stereocenters. The number of rotatable bonds is 7. The molecule has 0 radical (unpaired) electrons. The Hall–Kier alpha value is -1.86. The van der Waals surface area contributed by atoms with Crippen LogP contribution in [0, 0.1) is 0 Å². The van der Waals surface area contributed by atoms with E-state index < -0.39 is 29.8 Å². The molecule has 0 saturated heterocycles. The third-order valence-corrected chi connectivity index (χ3v) is 3.22. The van der Waals surface area contributed by atoms with Gasteiger partial charge in [0.25, 0.3) is 0 Å². The molecular weight excluding hydrogens is 264 g/mol. The summed E-state index contributed by atoms with van der Waals surface area (Å²) in [6.45, 7) is 5.13. The Kier molecular flexibility index (Phi) is 5.72. The van der Waals surface area contributed by atoms with Gasteiger partial charge in [-0.2, -0.15) is 0 Å². The van der Waals surface area contributed by atoms with Crippen LogP contribution in [-0.4, -0.2) is 50.5 Å². The number of aliphatic hydroxyl groups is 1. The largest absolute Gasteiger partial charge is 0.503 e. The Balaban J connectivity index is 3.29. The first-order chi connectivity index (χ1) is 9.44. The predicted octanol–water partition coefficient (Wildman–Crippen LogP) is 0.0137. The molecule has 0 aliphatic carbocycles. The van der Waals surface area contributed by atoms with Crippen molar-refractivity contribution in [2.24, 2.45) is 0 Å². The maximum absolute atomic E-state index is 11.5. The lowest BCUT2D eigenvalue weighted by Gasteiger charge is -2.24. The first kappa shape index (κ1) is 16.2. The molecule has 0 spiro atoms. The van der Waals surface area contributed by atoms with Gasteiger partial charge in [-0.1, -0.05) is 13.8 Å². The maximum Gasteiger partial charge on any atom is 0.329 e. The highest BCUT2D eigenvalue weighted by Gasteiger charge is 2.22. The molecule has 0 aromatic carbocycles. The minimum atomic E-state index is -1.23. The first-order valence-corrected chi connectivity index (χ1v) is 6.44. The zero-order valence-corrected chi connectivity index (χ0v) is 11.6. The van der Waals surface area contributed by atoms with E-state index in [1.807, 2.05) is 18.7 Å². The summed E-state index contributed by atoms with van der Waals surface area (Å²) in [7, 11) is 0. The van der Waals surface area contributed by atoms with E-state index in [2.05, 4.69) is 0 Å². The minimum Gasteiger partial charge on any atom is -0.503 e. The average Bonchev–Trinajstić information content (AvgIpc) is 2.41. The molecule has 1 heterocycles. The van der Waals surface area contributed by atoms with Crippen molar-refractivity contribution in [2.45, 2.75) is 26.4 Å². The summed E-state index contributed by atoms with van der Waals surface area (Å²) in [5.41, 5.74) is -0.122. The van der Waals surface area contributed by atoms with Crippen LogP contribution in [0.3, 0.4) is 0 Å². The van der Waals surface area contributed by atoms with Gasteiger partial charge in [0, 0.05) is 18.3 Å². The van der Waals surface area contributed by atoms with Gasteiger partial charge in [-0.05, 0) is 13.1 Å². The van der Waals surface area contributed by atoms with Crippen molar-refractivity contribution in [3.8, 4) is 5.75 Å². The van der Waals surface area contributed by atoms with Crippen LogP contribution in [0.15, 0.2) is 17.1 Å². The first-order valence-electron chi connectivity index (χ1n) is 6.44. The van der Waals surface area contributed by atoms with E-state index >= 15 is 0 Å². The van der Waals surface area contributed by atoms with Crippen molar-refractivity contribution < 1.29 is 20.1 Å². The average molecular weight is 284 g/mol. The standard InChI is InChI=1S/C13H20N2O5/c1-3-14(4-2)6-9-5-11(17)12(18)7-15(9)10(8-16)13(19)20/h5,7,10,16,18H,3-4,6,8H2,1-2H3,(H,19,20). The fourth-order valence-corrected chi connectivity index (χ4v) is 1.96. The maximum atomic E-state index is 11.5. The van der Waals surface area contributed by atoms with Crippen LogP contribution in [0.2, 0.25) is 0 Å². The Morgan fingerprint density at radius 3 is 2.45 bits per heavy atom. The molecule has 1 rings (SSSR count). The van der Waals surface area contributed by atoms with E-state index in [1.165, 1.54) is 10.6 Å². The van der Waals surface area contributed by atoms with Gasteiger partial charge >= 0.3 is 5.97 Å². The molecule has 0 bridgehead atoms. The summed E-state index contributed by atoms with van der Waals surface area (Å²) >= 11 is 0. The number of carboxylic acids is 1. The van der Waals surface area contributed by atoms with Crippen LogP contribution in [-0.2, 0) is 11.3 Å². The van der Waals surface area contributed by atoms with Crippen LogP contribution in [0.25, 0.3) is 0 Å². The smallest absolute Gasteiger partial charge is 0.329 e. The Bertz CT molecular complexity index is 522. The normalized spacial score (nSPS) is 12.6. The van der Waals surface area contributed by atoms with Crippen molar-refractivity contribution >= 4 is 5.97 Å². The van der Waals surface area contributed by atoms with Crippen LogP contribution < -0.4 is 5.43 Å². The molecule has 0 amide bonds. The second-order valence-electron chi connectivity index (χ2n) is 4.42. The van der Waals surface area contributed by atoms with Crippen molar-refractivity contribution in [1.82, 2.24) is 9.47 Å². The Labute approximate surface area is 116 Å². The second-order valence-corrected chi connectivity index (χ2v) is 4.42. The lowest BCUT2D eigenvalue weighted by molar-refractivity contribution is -0.142. The zero-order chi connectivity index (χ0) is 15.3. The highest BCUT2D eigenvalue weighted by atomic mass is 16.4. The van der Waals surface area contributed by atoms with Gasteiger partial charge in [0.2, 0.25) is 5.43 Å². The summed E-state index contributed by atoms with van der Waals surface area (Å²) < 4.78 is 1.23. The van der Waals surface area contributed by atoms with Gasteiger partial charge in [-0.15, -0.1) is 0 Å². The van der Waals surface area contributed by atoms with Crippen molar-refractivity contribution in [2.75, 3.05) is 19.7 Å². The van der Waals surface area contributed by atoms with Gasteiger partial charge < -0.3 is 19.9 Å². The lowest BCUT2D eigenvalue weighted by Crippen LogP contribution is -2.30. The van der Waals surface area contributed by atoms with Crippen LogP contribution in [0.4, 0.5) is 0 Å². The van der Waals surface area contributed by atoms with Crippen LogP contribution in [0.5, 0.6) is 5.75 Å². The fraction of sp³-hybridized carbons (Fsp3) is 0.538. The topological polar surface area (TPSA) is 103 Å². The van der Waals surface area contributed by atoms with Crippen LogP contribution >= 0.6 is 0 Å². The SMILES string of the molecule is CCN(CC)Cc1cc(=O)c(O)cn1C(CO)C(=O)O. The quantitative estimate of drug-likeness (QED) is 0.652. The third-order valence-electron chi connectivity index (χ3n) is 3.22.